The van der Waals surface area contributed by atoms with Gasteiger partial charge in [-0.15, -0.1) is 0 Å². The second-order valence-electron chi connectivity index (χ2n) is 13.5. The summed E-state index contributed by atoms with van der Waals surface area (Å²) in [4.78, 5) is 45.7. The molecule has 1 aromatic carbocycles. The molecule has 2 aromatic rings. The average Bonchev–Trinajstić information content (AvgIpc) is 3.33. The minimum atomic E-state index is -1.11. The summed E-state index contributed by atoms with van der Waals surface area (Å²) in [5.41, 5.74) is 1.41. The van der Waals surface area contributed by atoms with E-state index in [2.05, 4.69) is 25.2 Å². The number of aliphatic carboxylic acids is 1. The van der Waals surface area contributed by atoms with Crippen LogP contribution in [-0.4, -0.2) is 78.0 Å². The van der Waals surface area contributed by atoms with Gasteiger partial charge in [0.1, 0.15) is 29.7 Å². The van der Waals surface area contributed by atoms with Crippen LogP contribution < -0.4 is 19.5 Å². The standard InChI is InChI=1S/C33H43N3O8/c1-5-42-28-14-27-23-12-22(26(41-4)13-24(23)34-28)21-10-19(21)15-33(2,3)17-43-32(40)35-29(18-8-6-7-9-18)30(37)36-16-20(44-27)11-25(36)31(38)39/h12-14,18-21,25,29H,5-11,15-17H2,1-4H3,(H,35,40)(H,38,39)/t19-,20-,21+,25+,29+/m1/s1. The van der Waals surface area contributed by atoms with E-state index >= 15 is 0 Å². The highest BCUT2D eigenvalue weighted by atomic mass is 16.5. The monoisotopic (exact) mass is 609 g/mol. The van der Waals surface area contributed by atoms with E-state index in [1.54, 1.807) is 13.2 Å². The van der Waals surface area contributed by atoms with Crippen LogP contribution in [0.2, 0.25) is 0 Å². The molecule has 2 aliphatic carbocycles. The van der Waals surface area contributed by atoms with Gasteiger partial charge in [0.15, 0.2) is 0 Å². The number of hydrogen-bond acceptors (Lipinski definition) is 8. The lowest BCUT2D eigenvalue weighted by Gasteiger charge is -2.31. The predicted octanol–water partition coefficient (Wildman–Crippen LogP) is 4.89. The lowest BCUT2D eigenvalue weighted by Crippen LogP contribution is -2.54. The van der Waals surface area contributed by atoms with Crippen LogP contribution in [0.1, 0.15) is 77.2 Å². The first-order valence-electron chi connectivity index (χ1n) is 15.9. The number of carbonyl (C=O) groups excluding carboxylic acids is 2. The molecule has 2 saturated carbocycles. The zero-order chi connectivity index (χ0) is 31.2. The Balaban J connectivity index is 1.42. The highest BCUT2D eigenvalue weighted by molar-refractivity contribution is 5.91. The predicted molar refractivity (Wildman–Crippen MR) is 161 cm³/mol. The van der Waals surface area contributed by atoms with Crippen molar-refractivity contribution in [1.82, 2.24) is 15.2 Å². The zero-order valence-electron chi connectivity index (χ0n) is 26.0. The maximum absolute atomic E-state index is 14.1. The molecule has 1 aromatic heterocycles. The van der Waals surface area contributed by atoms with Crippen LogP contribution in [0.3, 0.4) is 0 Å². The second kappa shape index (κ2) is 12.0. The third-order valence-corrected chi connectivity index (χ3v) is 9.66. The Kier molecular flexibility index (Phi) is 8.24. The number of pyridine rings is 1. The molecule has 2 N–H and O–H groups in total. The number of benzene rings is 1. The Morgan fingerprint density at radius 3 is 2.64 bits per heavy atom. The Labute approximate surface area is 257 Å². The SMILES string of the molecule is CCOc1cc2c3cc(c(OC)cc3n1)[C@H]1C[C@@H]1CC(C)(C)COC(=O)N[C@@H](C1CCCC1)C(=O)N1C[C@@H](C[C@H]1C(=O)O)O2. The maximum Gasteiger partial charge on any atom is 0.407 e. The van der Waals surface area contributed by atoms with Crippen LogP contribution in [0.25, 0.3) is 10.9 Å². The van der Waals surface area contributed by atoms with Crippen LogP contribution in [-0.2, 0) is 14.3 Å². The molecular formula is C33H43N3O8. The summed E-state index contributed by atoms with van der Waals surface area (Å²) in [6, 6.07) is 3.77. The van der Waals surface area contributed by atoms with Crippen molar-refractivity contribution >= 4 is 28.9 Å². The summed E-state index contributed by atoms with van der Waals surface area (Å²) in [6.45, 7) is 6.73. The smallest absolute Gasteiger partial charge is 0.407 e. The normalized spacial score (nSPS) is 28.8. The number of rotatable bonds is 5. The quantitative estimate of drug-likeness (QED) is 0.485. The highest BCUT2D eigenvalue weighted by Gasteiger charge is 2.47. The van der Waals surface area contributed by atoms with Crippen LogP contribution in [0.4, 0.5) is 4.79 Å². The summed E-state index contributed by atoms with van der Waals surface area (Å²) in [7, 11) is 1.65. The summed E-state index contributed by atoms with van der Waals surface area (Å²) in [5.74, 6) is 0.712. The van der Waals surface area contributed by atoms with Gasteiger partial charge < -0.3 is 34.3 Å². The van der Waals surface area contributed by atoms with E-state index in [-0.39, 0.29) is 36.8 Å². The molecule has 2 amide bonds. The number of hydrogen-bond donors (Lipinski definition) is 2. The number of nitrogens with zero attached hydrogens (tertiary/aromatic N) is 2. The van der Waals surface area contributed by atoms with Gasteiger partial charge in [-0.05, 0) is 67.4 Å². The fourth-order valence-corrected chi connectivity index (χ4v) is 7.45. The van der Waals surface area contributed by atoms with Crippen molar-refractivity contribution < 1.29 is 38.4 Å². The number of fused-ring (bicyclic) bond motifs is 5. The van der Waals surface area contributed by atoms with Crippen molar-refractivity contribution in [2.75, 3.05) is 26.9 Å². The molecule has 1 saturated heterocycles. The second-order valence-corrected chi connectivity index (χ2v) is 13.5. The van der Waals surface area contributed by atoms with E-state index in [4.69, 9.17) is 23.9 Å². The van der Waals surface area contributed by atoms with Gasteiger partial charge in [0.05, 0.1) is 32.4 Å². The summed E-state index contributed by atoms with van der Waals surface area (Å²) < 4.78 is 23.8. The van der Waals surface area contributed by atoms with Gasteiger partial charge in [-0.3, -0.25) is 4.79 Å². The number of carboxylic acid groups (broad SMARTS) is 1. The molecule has 4 aliphatic rings. The van der Waals surface area contributed by atoms with Crippen LogP contribution in [0, 0.1) is 17.3 Å². The topological polar surface area (TPSA) is 137 Å². The molecule has 238 valence electrons. The minimum Gasteiger partial charge on any atom is -0.496 e. The first kappa shape index (κ1) is 30.3. The average molecular weight is 610 g/mol. The molecule has 0 spiro atoms. The van der Waals surface area contributed by atoms with Crippen molar-refractivity contribution in [3.05, 3.63) is 23.8 Å². The van der Waals surface area contributed by atoms with Crippen molar-refractivity contribution in [1.29, 1.82) is 0 Å². The van der Waals surface area contributed by atoms with E-state index < -0.39 is 36.2 Å². The van der Waals surface area contributed by atoms with E-state index in [1.807, 2.05) is 13.0 Å². The fourth-order valence-electron chi connectivity index (χ4n) is 7.45. The number of amides is 2. The number of methoxy groups -OCH3 is 1. The lowest BCUT2D eigenvalue weighted by atomic mass is 9.87. The molecule has 0 radical (unpaired) electrons. The van der Waals surface area contributed by atoms with Gasteiger partial charge in [-0.25, -0.2) is 14.6 Å². The Bertz CT molecular complexity index is 1440. The third-order valence-electron chi connectivity index (χ3n) is 9.66. The number of alkyl carbamates (subject to hydrolysis) is 1. The van der Waals surface area contributed by atoms with Crippen molar-refractivity contribution in [2.24, 2.45) is 17.3 Å². The Morgan fingerprint density at radius 2 is 1.93 bits per heavy atom. The highest BCUT2D eigenvalue weighted by Crippen LogP contribution is 2.56. The summed E-state index contributed by atoms with van der Waals surface area (Å²) in [6.07, 6.45) is 4.18. The number of cyclic esters (lactones) is 1. The van der Waals surface area contributed by atoms with Crippen molar-refractivity contribution in [3.8, 4) is 17.4 Å². The molecule has 11 nitrogen and oxygen atoms in total. The minimum absolute atomic E-state index is 0.0737. The van der Waals surface area contributed by atoms with Gasteiger partial charge in [0, 0.05) is 23.9 Å². The molecule has 3 heterocycles. The third kappa shape index (κ3) is 6.10. The van der Waals surface area contributed by atoms with E-state index in [0.29, 0.717) is 29.7 Å². The number of ether oxygens (including phenoxy) is 4. The van der Waals surface area contributed by atoms with E-state index in [0.717, 1.165) is 55.2 Å². The molecular weight excluding hydrogens is 566 g/mol. The zero-order valence-corrected chi connectivity index (χ0v) is 26.0. The lowest BCUT2D eigenvalue weighted by molar-refractivity contribution is -0.149. The molecule has 44 heavy (non-hydrogen) atoms. The van der Waals surface area contributed by atoms with Gasteiger partial charge in [-0.2, -0.15) is 0 Å². The first-order chi connectivity index (χ1) is 21.1. The maximum atomic E-state index is 14.1. The molecule has 2 aliphatic heterocycles. The van der Waals surface area contributed by atoms with Crippen molar-refractivity contribution in [2.45, 2.75) is 89.8 Å². The number of carbonyl (C=O) groups is 3. The fraction of sp³-hybridized carbons (Fsp3) is 0.636. The van der Waals surface area contributed by atoms with E-state index in [1.165, 1.54) is 4.90 Å². The Hall–Kier alpha value is -3.76. The number of carboxylic acids is 1. The molecule has 6 rings (SSSR count). The molecule has 5 atom stereocenters. The van der Waals surface area contributed by atoms with Crippen LogP contribution in [0.5, 0.6) is 17.4 Å². The number of nitrogens with one attached hydrogen (secondary N) is 1. The van der Waals surface area contributed by atoms with Crippen molar-refractivity contribution in [3.63, 3.8) is 0 Å². The van der Waals surface area contributed by atoms with Crippen LogP contribution >= 0.6 is 0 Å². The van der Waals surface area contributed by atoms with E-state index in [9.17, 15) is 19.5 Å². The van der Waals surface area contributed by atoms with Gasteiger partial charge in [0.25, 0.3) is 0 Å². The largest absolute Gasteiger partial charge is 0.496 e. The summed E-state index contributed by atoms with van der Waals surface area (Å²) >= 11 is 0. The summed E-state index contributed by atoms with van der Waals surface area (Å²) in [5, 5.41) is 13.8. The molecule has 3 fully saturated rings. The van der Waals surface area contributed by atoms with Crippen LogP contribution in [0.15, 0.2) is 18.2 Å². The molecule has 4 bridgehead atoms. The first-order valence-corrected chi connectivity index (χ1v) is 15.9. The van der Waals surface area contributed by atoms with Gasteiger partial charge in [0.2, 0.25) is 11.8 Å². The van der Waals surface area contributed by atoms with Gasteiger partial charge >= 0.3 is 12.1 Å². The number of aromatic nitrogens is 1. The van der Waals surface area contributed by atoms with Gasteiger partial charge in [-0.1, -0.05) is 26.7 Å². The Morgan fingerprint density at radius 1 is 1.16 bits per heavy atom. The molecule has 11 heteroatoms. The molecule has 0 unspecified atom stereocenters.